The summed E-state index contributed by atoms with van der Waals surface area (Å²) in [5.41, 5.74) is 5.06. The molecule has 2 aromatic heterocycles. The summed E-state index contributed by atoms with van der Waals surface area (Å²) in [7, 11) is 0. The molecule has 2 heterocycles. The molecule has 0 aliphatic carbocycles. The molecule has 1 aromatic carbocycles. The van der Waals surface area contributed by atoms with Gasteiger partial charge in [-0.15, -0.1) is 11.6 Å². The van der Waals surface area contributed by atoms with Crippen molar-refractivity contribution in [1.29, 1.82) is 0 Å². The van der Waals surface area contributed by atoms with E-state index < -0.39 is 0 Å². The van der Waals surface area contributed by atoms with Gasteiger partial charge in [0, 0.05) is 6.20 Å². The smallest absolute Gasteiger partial charge is 0.128 e. The molecule has 3 aromatic rings. The van der Waals surface area contributed by atoms with Crippen molar-refractivity contribution in [3.63, 3.8) is 0 Å². The zero-order valence-electron chi connectivity index (χ0n) is 12.3. The van der Waals surface area contributed by atoms with Gasteiger partial charge in [-0.25, -0.2) is 4.98 Å². The molecule has 0 N–H and O–H groups in total. The van der Waals surface area contributed by atoms with Crippen molar-refractivity contribution < 1.29 is 0 Å². The fourth-order valence-corrected chi connectivity index (χ4v) is 2.55. The van der Waals surface area contributed by atoms with Crippen LogP contribution in [0.2, 0.25) is 0 Å². The predicted octanol–water partition coefficient (Wildman–Crippen LogP) is 3.79. The summed E-state index contributed by atoms with van der Waals surface area (Å²) in [6.07, 6.45) is 3.59. The third kappa shape index (κ3) is 2.76. The molecule has 0 aliphatic heterocycles. The molecule has 0 bridgehead atoms. The summed E-state index contributed by atoms with van der Waals surface area (Å²) in [5, 5.41) is -0.156. The van der Waals surface area contributed by atoms with Gasteiger partial charge in [-0.1, -0.05) is 6.07 Å². The van der Waals surface area contributed by atoms with E-state index in [4.69, 9.17) is 11.6 Å². The van der Waals surface area contributed by atoms with Gasteiger partial charge in [-0.05, 0) is 38.5 Å². The lowest BCUT2D eigenvalue weighted by Gasteiger charge is -2.10. The zero-order valence-corrected chi connectivity index (χ0v) is 13.1. The summed E-state index contributed by atoms with van der Waals surface area (Å²) in [6, 6.07) is 6.23. The molecular weight excluding hydrogens is 284 g/mol. The first-order valence-corrected chi connectivity index (χ1v) is 7.36. The number of alkyl halides is 1. The number of hydrogen-bond acceptors (Lipinski definition) is 3. The van der Waals surface area contributed by atoms with Gasteiger partial charge in [0.2, 0.25) is 0 Å². The lowest BCUT2D eigenvalue weighted by Crippen LogP contribution is -2.07. The van der Waals surface area contributed by atoms with Crippen LogP contribution in [0, 0.1) is 13.8 Å². The molecule has 0 saturated heterocycles. The van der Waals surface area contributed by atoms with Crippen molar-refractivity contribution in [1.82, 2.24) is 19.5 Å². The van der Waals surface area contributed by atoms with Gasteiger partial charge >= 0.3 is 0 Å². The highest BCUT2D eigenvalue weighted by atomic mass is 35.5. The Hall–Kier alpha value is -1.94. The average molecular weight is 301 g/mol. The Morgan fingerprint density at radius 3 is 2.67 bits per heavy atom. The molecule has 0 amide bonds. The average Bonchev–Trinajstić information content (AvgIpc) is 2.80. The van der Waals surface area contributed by atoms with E-state index in [2.05, 4.69) is 38.6 Å². The minimum Gasteiger partial charge on any atom is -0.321 e. The van der Waals surface area contributed by atoms with Crippen LogP contribution in [0.1, 0.15) is 35.1 Å². The molecule has 0 saturated carbocycles. The normalized spacial score (nSPS) is 12.8. The third-order valence-electron chi connectivity index (χ3n) is 3.44. The maximum Gasteiger partial charge on any atom is 0.128 e. The third-order valence-corrected chi connectivity index (χ3v) is 3.64. The van der Waals surface area contributed by atoms with Crippen molar-refractivity contribution in [3.8, 4) is 0 Å². The number of rotatable bonds is 3. The molecule has 21 heavy (non-hydrogen) atoms. The van der Waals surface area contributed by atoms with E-state index in [1.54, 1.807) is 12.4 Å². The largest absolute Gasteiger partial charge is 0.321 e. The first-order chi connectivity index (χ1) is 10.0. The van der Waals surface area contributed by atoms with Gasteiger partial charge in [0.05, 0.1) is 40.5 Å². The van der Waals surface area contributed by atoms with Crippen LogP contribution in [-0.4, -0.2) is 19.5 Å². The van der Waals surface area contributed by atoms with Crippen molar-refractivity contribution in [2.45, 2.75) is 32.7 Å². The van der Waals surface area contributed by atoms with Gasteiger partial charge in [0.1, 0.15) is 5.82 Å². The van der Waals surface area contributed by atoms with E-state index in [1.165, 1.54) is 5.56 Å². The second-order valence-electron chi connectivity index (χ2n) is 5.31. The molecule has 108 valence electrons. The maximum absolute atomic E-state index is 6.29. The number of imidazole rings is 1. The summed E-state index contributed by atoms with van der Waals surface area (Å²) in [6.45, 7) is 6.57. The summed E-state index contributed by atoms with van der Waals surface area (Å²) in [4.78, 5) is 13.4. The van der Waals surface area contributed by atoms with E-state index in [0.29, 0.717) is 6.54 Å². The monoisotopic (exact) mass is 300 g/mol. The fourth-order valence-electron chi connectivity index (χ4n) is 2.38. The lowest BCUT2D eigenvalue weighted by atomic mass is 10.2. The minimum atomic E-state index is -0.156. The molecule has 0 aliphatic rings. The first kappa shape index (κ1) is 14.0. The van der Waals surface area contributed by atoms with Crippen LogP contribution >= 0.6 is 11.6 Å². The number of benzene rings is 1. The van der Waals surface area contributed by atoms with Gasteiger partial charge in [0.15, 0.2) is 0 Å². The molecular formula is C16H17ClN4. The van der Waals surface area contributed by atoms with E-state index in [9.17, 15) is 0 Å². The molecule has 4 nitrogen and oxygen atoms in total. The number of hydrogen-bond donors (Lipinski definition) is 0. The topological polar surface area (TPSA) is 43.6 Å². The summed E-state index contributed by atoms with van der Waals surface area (Å²) < 4.78 is 2.12. The number of aryl methyl sites for hydroxylation is 2. The number of halogens is 1. The molecule has 1 unspecified atom stereocenters. The second-order valence-corrected chi connectivity index (χ2v) is 5.97. The van der Waals surface area contributed by atoms with Crippen LogP contribution in [0.25, 0.3) is 11.0 Å². The Balaban J connectivity index is 2.12. The Bertz CT molecular complexity index is 775. The van der Waals surface area contributed by atoms with Crippen LogP contribution in [0.15, 0.2) is 30.6 Å². The SMILES string of the molecule is Cc1ccc2nc(C(C)Cl)n(Cc3cnc(C)cn3)c2c1. The van der Waals surface area contributed by atoms with Crippen molar-refractivity contribution >= 4 is 22.6 Å². The Kier molecular flexibility index (Phi) is 3.64. The van der Waals surface area contributed by atoms with Crippen LogP contribution in [0.5, 0.6) is 0 Å². The van der Waals surface area contributed by atoms with Crippen LogP contribution < -0.4 is 0 Å². The summed E-state index contributed by atoms with van der Waals surface area (Å²) >= 11 is 6.29. The Morgan fingerprint density at radius 1 is 1.19 bits per heavy atom. The predicted molar refractivity (Wildman–Crippen MR) is 84.6 cm³/mol. The van der Waals surface area contributed by atoms with Crippen LogP contribution in [0.3, 0.4) is 0 Å². The minimum absolute atomic E-state index is 0.156. The number of aromatic nitrogens is 4. The highest BCUT2D eigenvalue weighted by Gasteiger charge is 2.15. The van der Waals surface area contributed by atoms with Crippen molar-refractivity contribution in [2.75, 3.05) is 0 Å². The molecule has 3 rings (SSSR count). The first-order valence-electron chi connectivity index (χ1n) is 6.93. The van der Waals surface area contributed by atoms with E-state index in [1.807, 2.05) is 19.9 Å². The molecule has 0 radical (unpaired) electrons. The summed E-state index contributed by atoms with van der Waals surface area (Å²) in [5.74, 6) is 0.861. The fraction of sp³-hybridized carbons (Fsp3) is 0.312. The van der Waals surface area contributed by atoms with Crippen molar-refractivity contribution in [2.24, 2.45) is 0 Å². The highest BCUT2D eigenvalue weighted by Crippen LogP contribution is 2.26. The van der Waals surface area contributed by atoms with Crippen LogP contribution in [-0.2, 0) is 6.54 Å². The number of nitrogens with zero attached hydrogens (tertiary/aromatic N) is 4. The van der Waals surface area contributed by atoms with Crippen LogP contribution in [0.4, 0.5) is 0 Å². The van der Waals surface area contributed by atoms with Crippen molar-refractivity contribution in [3.05, 3.63) is 53.4 Å². The molecule has 0 spiro atoms. The van der Waals surface area contributed by atoms with E-state index >= 15 is 0 Å². The Morgan fingerprint density at radius 2 is 2.00 bits per heavy atom. The van der Waals surface area contributed by atoms with E-state index in [-0.39, 0.29) is 5.38 Å². The quantitative estimate of drug-likeness (QED) is 0.691. The highest BCUT2D eigenvalue weighted by molar-refractivity contribution is 6.20. The van der Waals surface area contributed by atoms with Gasteiger partial charge < -0.3 is 4.57 Å². The molecule has 5 heteroatoms. The van der Waals surface area contributed by atoms with Gasteiger partial charge in [-0.2, -0.15) is 0 Å². The Labute approximate surface area is 128 Å². The zero-order chi connectivity index (χ0) is 15.0. The van der Waals surface area contributed by atoms with Gasteiger partial charge in [0.25, 0.3) is 0 Å². The second kappa shape index (κ2) is 5.45. The molecule has 0 fully saturated rings. The van der Waals surface area contributed by atoms with E-state index in [0.717, 1.165) is 28.2 Å². The number of fused-ring (bicyclic) bond motifs is 1. The molecule has 1 atom stereocenters. The van der Waals surface area contributed by atoms with Gasteiger partial charge in [-0.3, -0.25) is 9.97 Å². The lowest BCUT2D eigenvalue weighted by molar-refractivity contribution is 0.722. The standard InChI is InChI=1S/C16H17ClN4/c1-10-4-5-14-15(6-10)21(16(20-14)12(3)17)9-13-8-18-11(2)7-19-13/h4-8,12H,9H2,1-3H3. The maximum atomic E-state index is 6.29.